The molecule has 1 heterocycles. The van der Waals surface area contributed by atoms with E-state index in [1.54, 1.807) is 0 Å². The van der Waals surface area contributed by atoms with Gasteiger partial charge in [-0.25, -0.2) is 0 Å². The van der Waals surface area contributed by atoms with Crippen molar-refractivity contribution in [1.82, 2.24) is 5.32 Å². The largest absolute Gasteiger partial charge is 0.388 e. The van der Waals surface area contributed by atoms with E-state index in [1.807, 2.05) is 30.3 Å². The predicted molar refractivity (Wildman–Crippen MR) is 66.2 cm³/mol. The molecule has 1 unspecified atom stereocenters. The van der Waals surface area contributed by atoms with Crippen LogP contribution in [0.15, 0.2) is 30.3 Å². The molecule has 1 saturated heterocycles. The van der Waals surface area contributed by atoms with Crippen molar-refractivity contribution in [2.24, 2.45) is 5.92 Å². The van der Waals surface area contributed by atoms with Gasteiger partial charge in [0, 0.05) is 12.0 Å². The van der Waals surface area contributed by atoms with Crippen molar-refractivity contribution in [2.45, 2.75) is 38.3 Å². The molecule has 1 fully saturated rings. The number of aliphatic hydroxyl groups is 1. The Morgan fingerprint density at radius 2 is 2.12 bits per heavy atom. The van der Waals surface area contributed by atoms with Crippen LogP contribution in [0.25, 0.3) is 0 Å². The highest BCUT2D eigenvalue weighted by Gasteiger charge is 2.30. The molecule has 2 N–H and O–H groups in total. The third-order valence-corrected chi connectivity index (χ3v) is 3.62. The molecular weight excluding hydrogens is 198 g/mol. The first kappa shape index (κ1) is 11.6. The SMILES string of the molecule is CC[C@@H]1NCCC[C@H]1C(O)c1ccccc1. The van der Waals surface area contributed by atoms with Gasteiger partial charge in [-0.05, 0) is 31.4 Å². The van der Waals surface area contributed by atoms with E-state index >= 15 is 0 Å². The summed E-state index contributed by atoms with van der Waals surface area (Å²) >= 11 is 0. The van der Waals surface area contributed by atoms with Crippen molar-refractivity contribution in [2.75, 3.05) is 6.54 Å². The van der Waals surface area contributed by atoms with Gasteiger partial charge in [0.1, 0.15) is 0 Å². The molecule has 16 heavy (non-hydrogen) atoms. The van der Waals surface area contributed by atoms with Crippen LogP contribution >= 0.6 is 0 Å². The normalized spacial score (nSPS) is 27.6. The summed E-state index contributed by atoms with van der Waals surface area (Å²) in [6.45, 7) is 3.28. The van der Waals surface area contributed by atoms with Crippen LogP contribution in [0.1, 0.15) is 37.9 Å². The fourth-order valence-corrected chi connectivity index (χ4v) is 2.70. The number of hydrogen-bond donors (Lipinski definition) is 2. The van der Waals surface area contributed by atoms with Crippen LogP contribution in [-0.2, 0) is 0 Å². The predicted octanol–water partition coefficient (Wildman–Crippen LogP) is 2.50. The number of hydrogen-bond acceptors (Lipinski definition) is 2. The molecule has 0 spiro atoms. The Labute approximate surface area is 97.7 Å². The lowest BCUT2D eigenvalue weighted by Crippen LogP contribution is -2.43. The Balaban J connectivity index is 2.10. The fourth-order valence-electron chi connectivity index (χ4n) is 2.70. The van der Waals surface area contributed by atoms with Gasteiger partial charge in [0.05, 0.1) is 6.10 Å². The van der Waals surface area contributed by atoms with E-state index in [4.69, 9.17) is 0 Å². The standard InChI is InChI=1S/C14H21NO/c1-2-13-12(9-6-10-15-13)14(16)11-7-4-3-5-8-11/h3-5,7-8,12-16H,2,6,9-10H2,1H3/t12-,13+,14?/m1/s1. The van der Waals surface area contributed by atoms with Crippen molar-refractivity contribution in [3.63, 3.8) is 0 Å². The van der Waals surface area contributed by atoms with E-state index in [0.29, 0.717) is 12.0 Å². The van der Waals surface area contributed by atoms with Gasteiger partial charge in [0.15, 0.2) is 0 Å². The fraction of sp³-hybridized carbons (Fsp3) is 0.571. The first-order valence-corrected chi connectivity index (χ1v) is 6.29. The second-order valence-electron chi connectivity index (χ2n) is 4.63. The van der Waals surface area contributed by atoms with E-state index in [9.17, 15) is 5.11 Å². The summed E-state index contributed by atoms with van der Waals surface area (Å²) < 4.78 is 0. The van der Waals surface area contributed by atoms with Gasteiger partial charge < -0.3 is 10.4 Å². The van der Waals surface area contributed by atoms with Gasteiger partial charge in [-0.2, -0.15) is 0 Å². The third-order valence-electron chi connectivity index (χ3n) is 3.62. The van der Waals surface area contributed by atoms with Crippen LogP contribution in [0.5, 0.6) is 0 Å². The maximum atomic E-state index is 10.4. The summed E-state index contributed by atoms with van der Waals surface area (Å²) in [5.74, 6) is 0.362. The van der Waals surface area contributed by atoms with Crippen molar-refractivity contribution in [1.29, 1.82) is 0 Å². The van der Waals surface area contributed by atoms with E-state index in [0.717, 1.165) is 24.9 Å². The van der Waals surface area contributed by atoms with Crippen molar-refractivity contribution in [3.8, 4) is 0 Å². The van der Waals surface area contributed by atoms with Gasteiger partial charge in [-0.15, -0.1) is 0 Å². The van der Waals surface area contributed by atoms with Crippen LogP contribution in [0.3, 0.4) is 0 Å². The summed E-state index contributed by atoms with van der Waals surface area (Å²) in [7, 11) is 0. The minimum atomic E-state index is -0.320. The summed E-state index contributed by atoms with van der Waals surface area (Å²) in [4.78, 5) is 0. The second-order valence-corrected chi connectivity index (χ2v) is 4.63. The van der Waals surface area contributed by atoms with Crippen LogP contribution in [0, 0.1) is 5.92 Å². The molecule has 0 bridgehead atoms. The molecule has 2 heteroatoms. The average Bonchev–Trinajstić information content (AvgIpc) is 2.39. The average molecular weight is 219 g/mol. The lowest BCUT2D eigenvalue weighted by molar-refractivity contribution is 0.0638. The Hall–Kier alpha value is -0.860. The number of aliphatic hydroxyl groups excluding tert-OH is 1. The lowest BCUT2D eigenvalue weighted by atomic mass is 9.82. The highest BCUT2D eigenvalue weighted by Crippen LogP contribution is 2.31. The Morgan fingerprint density at radius 3 is 2.81 bits per heavy atom. The van der Waals surface area contributed by atoms with Gasteiger partial charge in [0.2, 0.25) is 0 Å². The molecule has 1 aromatic rings. The monoisotopic (exact) mass is 219 g/mol. The number of piperidine rings is 1. The molecular formula is C14H21NO. The van der Waals surface area contributed by atoms with Crippen molar-refractivity contribution < 1.29 is 5.11 Å². The number of benzene rings is 1. The molecule has 88 valence electrons. The lowest BCUT2D eigenvalue weighted by Gasteiger charge is -2.35. The summed E-state index contributed by atoms with van der Waals surface area (Å²) in [5.41, 5.74) is 1.05. The third kappa shape index (κ3) is 2.45. The minimum absolute atomic E-state index is 0.320. The first-order chi connectivity index (χ1) is 7.83. The molecule has 1 aliphatic heterocycles. The van der Waals surface area contributed by atoms with Crippen LogP contribution < -0.4 is 5.32 Å². The Kier molecular flexibility index (Phi) is 3.97. The maximum absolute atomic E-state index is 10.4. The topological polar surface area (TPSA) is 32.3 Å². The Bertz CT molecular complexity index is 312. The summed E-state index contributed by atoms with van der Waals surface area (Å²) in [6.07, 6.45) is 3.07. The molecule has 1 aliphatic rings. The zero-order valence-electron chi connectivity index (χ0n) is 9.89. The molecule has 1 aromatic carbocycles. The van der Waals surface area contributed by atoms with E-state index < -0.39 is 0 Å². The highest BCUT2D eigenvalue weighted by molar-refractivity contribution is 5.18. The van der Waals surface area contributed by atoms with E-state index in [1.165, 1.54) is 6.42 Å². The van der Waals surface area contributed by atoms with Gasteiger partial charge >= 0.3 is 0 Å². The smallest absolute Gasteiger partial charge is 0.0833 e. The number of nitrogens with one attached hydrogen (secondary N) is 1. The molecule has 0 radical (unpaired) electrons. The van der Waals surface area contributed by atoms with Crippen molar-refractivity contribution >= 4 is 0 Å². The molecule has 0 amide bonds. The van der Waals surface area contributed by atoms with E-state index in [2.05, 4.69) is 12.2 Å². The highest BCUT2D eigenvalue weighted by atomic mass is 16.3. The van der Waals surface area contributed by atoms with Gasteiger partial charge in [0.25, 0.3) is 0 Å². The van der Waals surface area contributed by atoms with Crippen LogP contribution in [0.4, 0.5) is 0 Å². The second kappa shape index (κ2) is 5.46. The van der Waals surface area contributed by atoms with Crippen molar-refractivity contribution in [3.05, 3.63) is 35.9 Å². The molecule has 0 aliphatic carbocycles. The molecule has 3 atom stereocenters. The van der Waals surface area contributed by atoms with Gasteiger partial charge in [-0.1, -0.05) is 37.3 Å². The summed E-state index contributed by atoms with van der Waals surface area (Å²) in [6, 6.07) is 10.5. The quantitative estimate of drug-likeness (QED) is 0.818. The summed E-state index contributed by atoms with van der Waals surface area (Å²) in [5, 5.41) is 13.9. The molecule has 2 nitrogen and oxygen atoms in total. The van der Waals surface area contributed by atoms with E-state index in [-0.39, 0.29) is 6.10 Å². The zero-order valence-corrected chi connectivity index (χ0v) is 9.89. The maximum Gasteiger partial charge on any atom is 0.0833 e. The van der Waals surface area contributed by atoms with Gasteiger partial charge in [-0.3, -0.25) is 0 Å². The Morgan fingerprint density at radius 1 is 1.38 bits per heavy atom. The van der Waals surface area contributed by atoms with Crippen LogP contribution in [0.2, 0.25) is 0 Å². The zero-order chi connectivity index (χ0) is 11.4. The molecule has 0 saturated carbocycles. The number of rotatable bonds is 3. The molecule has 0 aromatic heterocycles. The molecule has 2 rings (SSSR count). The first-order valence-electron chi connectivity index (χ1n) is 6.29. The minimum Gasteiger partial charge on any atom is -0.388 e. The van der Waals surface area contributed by atoms with Crippen LogP contribution in [-0.4, -0.2) is 17.7 Å².